The molecule has 0 saturated carbocycles. The summed E-state index contributed by atoms with van der Waals surface area (Å²) < 4.78 is 5.41. The highest BCUT2D eigenvalue weighted by atomic mass is 16.5. The van der Waals surface area contributed by atoms with Crippen molar-refractivity contribution in [1.82, 2.24) is 9.97 Å². The number of ether oxygens (including phenoxy) is 1. The number of carbonyl (C=O) groups is 1. The monoisotopic (exact) mass is 355 g/mol. The van der Waals surface area contributed by atoms with Gasteiger partial charge in [0.15, 0.2) is 0 Å². The number of nitrogens with one attached hydrogen (secondary N) is 2. The molecule has 138 valence electrons. The third-order valence-electron chi connectivity index (χ3n) is 4.38. The summed E-state index contributed by atoms with van der Waals surface area (Å²) in [6, 6.07) is 9.66. The molecule has 1 aliphatic heterocycles. The molecule has 1 aromatic heterocycles. The van der Waals surface area contributed by atoms with E-state index in [0.29, 0.717) is 24.9 Å². The Morgan fingerprint density at radius 1 is 1.27 bits per heavy atom. The molecule has 2 heterocycles. The van der Waals surface area contributed by atoms with Crippen molar-refractivity contribution in [3.05, 3.63) is 42.2 Å². The Labute approximate surface area is 153 Å². The van der Waals surface area contributed by atoms with Gasteiger partial charge in [-0.3, -0.25) is 4.79 Å². The Kier molecular flexibility index (Phi) is 6.01. The van der Waals surface area contributed by atoms with Gasteiger partial charge >= 0.3 is 0 Å². The molecule has 1 amide bonds. The van der Waals surface area contributed by atoms with E-state index in [0.717, 1.165) is 30.9 Å². The first-order chi connectivity index (χ1) is 12.7. The molecule has 1 aromatic carbocycles. The van der Waals surface area contributed by atoms with E-state index >= 15 is 0 Å². The SMILES string of the molecule is CCC(C)Nc1nccc(C(=O)Nc2ccccc2N2CCOCC2)n1. The Hall–Kier alpha value is -2.67. The van der Waals surface area contributed by atoms with E-state index in [1.165, 1.54) is 0 Å². The second-order valence-corrected chi connectivity index (χ2v) is 6.29. The minimum absolute atomic E-state index is 0.246. The normalized spacial score (nSPS) is 15.4. The molecule has 1 saturated heterocycles. The molecule has 1 unspecified atom stereocenters. The summed E-state index contributed by atoms with van der Waals surface area (Å²) in [5.41, 5.74) is 2.10. The van der Waals surface area contributed by atoms with Crippen molar-refractivity contribution in [2.24, 2.45) is 0 Å². The standard InChI is InChI=1S/C19H25N5O2/c1-3-14(2)21-19-20-9-8-16(23-19)18(25)22-15-6-4-5-7-17(15)24-10-12-26-13-11-24/h4-9,14H,3,10-13H2,1-2H3,(H,22,25)(H,20,21,23). The Bertz CT molecular complexity index is 746. The molecular weight excluding hydrogens is 330 g/mol. The number of benzene rings is 1. The second kappa shape index (κ2) is 8.62. The van der Waals surface area contributed by atoms with Crippen molar-refractivity contribution >= 4 is 23.2 Å². The molecule has 0 aliphatic carbocycles. The van der Waals surface area contributed by atoms with Gasteiger partial charge in [0, 0.05) is 25.3 Å². The first-order valence-electron chi connectivity index (χ1n) is 9.00. The first-order valence-corrected chi connectivity index (χ1v) is 9.00. The Morgan fingerprint density at radius 3 is 2.81 bits per heavy atom. The number of nitrogens with zero attached hydrogens (tertiary/aromatic N) is 3. The number of aromatic nitrogens is 2. The molecule has 3 rings (SSSR count). The summed E-state index contributed by atoms with van der Waals surface area (Å²) in [5.74, 6) is 0.216. The van der Waals surface area contributed by atoms with Gasteiger partial charge in [-0.25, -0.2) is 9.97 Å². The van der Waals surface area contributed by atoms with Crippen LogP contribution in [0.3, 0.4) is 0 Å². The number of anilines is 3. The molecule has 7 heteroatoms. The van der Waals surface area contributed by atoms with Crippen molar-refractivity contribution in [2.45, 2.75) is 26.3 Å². The third kappa shape index (κ3) is 4.49. The van der Waals surface area contributed by atoms with Crippen LogP contribution >= 0.6 is 0 Å². The van der Waals surface area contributed by atoms with Crippen LogP contribution in [0.1, 0.15) is 30.8 Å². The first kappa shape index (κ1) is 18.1. The lowest BCUT2D eigenvalue weighted by Gasteiger charge is -2.30. The smallest absolute Gasteiger partial charge is 0.274 e. The van der Waals surface area contributed by atoms with E-state index in [4.69, 9.17) is 4.74 Å². The highest BCUT2D eigenvalue weighted by Crippen LogP contribution is 2.26. The van der Waals surface area contributed by atoms with E-state index in [9.17, 15) is 4.79 Å². The van der Waals surface area contributed by atoms with Gasteiger partial charge in [0.25, 0.3) is 5.91 Å². The maximum atomic E-state index is 12.7. The average Bonchev–Trinajstić information content (AvgIpc) is 2.69. The highest BCUT2D eigenvalue weighted by Gasteiger charge is 2.17. The predicted octanol–water partition coefficient (Wildman–Crippen LogP) is 2.78. The molecule has 0 radical (unpaired) electrons. The van der Waals surface area contributed by atoms with Gasteiger partial charge < -0.3 is 20.3 Å². The van der Waals surface area contributed by atoms with E-state index in [-0.39, 0.29) is 11.9 Å². The van der Waals surface area contributed by atoms with Crippen molar-refractivity contribution in [3.8, 4) is 0 Å². The van der Waals surface area contributed by atoms with E-state index in [2.05, 4.69) is 39.3 Å². The fraction of sp³-hybridized carbons (Fsp3) is 0.421. The van der Waals surface area contributed by atoms with Crippen LogP contribution < -0.4 is 15.5 Å². The lowest BCUT2D eigenvalue weighted by atomic mass is 10.2. The van der Waals surface area contributed by atoms with Crippen LogP contribution in [0.5, 0.6) is 0 Å². The van der Waals surface area contributed by atoms with Gasteiger partial charge in [-0.2, -0.15) is 0 Å². The molecular formula is C19H25N5O2. The number of rotatable bonds is 6. The minimum Gasteiger partial charge on any atom is -0.378 e. The molecule has 1 aliphatic rings. The lowest BCUT2D eigenvalue weighted by molar-refractivity contribution is 0.102. The second-order valence-electron chi connectivity index (χ2n) is 6.29. The lowest BCUT2D eigenvalue weighted by Crippen LogP contribution is -2.36. The molecule has 1 fully saturated rings. The van der Waals surface area contributed by atoms with Gasteiger partial charge in [0.2, 0.25) is 5.95 Å². The van der Waals surface area contributed by atoms with Crippen LogP contribution in [0.15, 0.2) is 36.5 Å². The third-order valence-corrected chi connectivity index (χ3v) is 4.38. The van der Waals surface area contributed by atoms with Crippen LogP contribution in [0, 0.1) is 0 Å². The Morgan fingerprint density at radius 2 is 2.04 bits per heavy atom. The van der Waals surface area contributed by atoms with Crippen LogP contribution in [-0.4, -0.2) is 48.2 Å². The quantitative estimate of drug-likeness (QED) is 0.829. The van der Waals surface area contributed by atoms with Crippen molar-refractivity contribution < 1.29 is 9.53 Å². The van der Waals surface area contributed by atoms with E-state index < -0.39 is 0 Å². The molecule has 2 aromatic rings. The van der Waals surface area contributed by atoms with Crippen LogP contribution in [0.4, 0.5) is 17.3 Å². The van der Waals surface area contributed by atoms with Crippen LogP contribution in [-0.2, 0) is 4.74 Å². The number of carbonyl (C=O) groups excluding carboxylic acids is 1. The zero-order valence-electron chi connectivity index (χ0n) is 15.2. The number of morpholine rings is 1. The van der Waals surface area contributed by atoms with E-state index in [1.807, 2.05) is 24.3 Å². The van der Waals surface area contributed by atoms with Crippen molar-refractivity contribution in [3.63, 3.8) is 0 Å². The van der Waals surface area contributed by atoms with Gasteiger partial charge in [0.05, 0.1) is 24.6 Å². The largest absolute Gasteiger partial charge is 0.378 e. The maximum absolute atomic E-state index is 12.7. The zero-order valence-corrected chi connectivity index (χ0v) is 15.2. The van der Waals surface area contributed by atoms with Crippen molar-refractivity contribution in [2.75, 3.05) is 41.8 Å². The Balaban J connectivity index is 1.75. The van der Waals surface area contributed by atoms with Gasteiger partial charge in [-0.05, 0) is 31.5 Å². The fourth-order valence-corrected chi connectivity index (χ4v) is 2.72. The zero-order chi connectivity index (χ0) is 18.4. The number of hydrogen-bond acceptors (Lipinski definition) is 6. The molecule has 7 nitrogen and oxygen atoms in total. The van der Waals surface area contributed by atoms with Crippen LogP contribution in [0.2, 0.25) is 0 Å². The average molecular weight is 355 g/mol. The summed E-state index contributed by atoms with van der Waals surface area (Å²) in [6.45, 7) is 7.13. The number of para-hydroxylation sites is 2. The summed E-state index contributed by atoms with van der Waals surface area (Å²) in [7, 11) is 0. The topological polar surface area (TPSA) is 79.4 Å². The molecule has 2 N–H and O–H groups in total. The highest BCUT2D eigenvalue weighted by molar-refractivity contribution is 6.04. The van der Waals surface area contributed by atoms with Gasteiger partial charge in [0.1, 0.15) is 5.69 Å². The van der Waals surface area contributed by atoms with E-state index in [1.54, 1.807) is 12.3 Å². The molecule has 0 bridgehead atoms. The number of amides is 1. The maximum Gasteiger partial charge on any atom is 0.274 e. The van der Waals surface area contributed by atoms with Crippen LogP contribution in [0.25, 0.3) is 0 Å². The molecule has 26 heavy (non-hydrogen) atoms. The van der Waals surface area contributed by atoms with Crippen molar-refractivity contribution in [1.29, 1.82) is 0 Å². The summed E-state index contributed by atoms with van der Waals surface area (Å²) in [4.78, 5) is 23.4. The fourth-order valence-electron chi connectivity index (χ4n) is 2.72. The summed E-state index contributed by atoms with van der Waals surface area (Å²) >= 11 is 0. The number of hydrogen-bond donors (Lipinski definition) is 2. The predicted molar refractivity (Wildman–Crippen MR) is 103 cm³/mol. The molecule has 1 atom stereocenters. The minimum atomic E-state index is -0.250. The molecule has 0 spiro atoms. The van der Waals surface area contributed by atoms with Gasteiger partial charge in [-0.1, -0.05) is 19.1 Å². The van der Waals surface area contributed by atoms with Gasteiger partial charge in [-0.15, -0.1) is 0 Å². The summed E-state index contributed by atoms with van der Waals surface area (Å²) in [6.07, 6.45) is 2.55. The summed E-state index contributed by atoms with van der Waals surface area (Å²) in [5, 5.41) is 6.17.